The molecule has 0 saturated carbocycles. The van der Waals surface area contributed by atoms with Crippen LogP contribution >= 0.6 is 0 Å². The number of nitrogens with zero attached hydrogens (tertiary/aromatic N) is 1. The van der Waals surface area contributed by atoms with Crippen molar-refractivity contribution in [1.82, 2.24) is 0 Å². The third kappa shape index (κ3) is 2.99. The van der Waals surface area contributed by atoms with Crippen molar-refractivity contribution in [2.45, 2.75) is 31.7 Å². The van der Waals surface area contributed by atoms with Crippen molar-refractivity contribution in [3.8, 4) is 0 Å². The highest BCUT2D eigenvalue weighted by atomic mass is 16.5. The Balaban J connectivity index is 1.96. The van der Waals surface area contributed by atoms with Gasteiger partial charge in [-0.2, -0.15) is 0 Å². The molecule has 17 heavy (non-hydrogen) atoms. The van der Waals surface area contributed by atoms with Crippen molar-refractivity contribution in [1.29, 1.82) is 0 Å². The summed E-state index contributed by atoms with van der Waals surface area (Å²) in [5.74, 6) is -0.107. The van der Waals surface area contributed by atoms with Gasteiger partial charge in [0.05, 0.1) is 7.11 Å². The minimum absolute atomic E-state index is 0.107. The van der Waals surface area contributed by atoms with Gasteiger partial charge in [-0.15, -0.1) is 0 Å². The predicted molar refractivity (Wildman–Crippen MR) is 68.1 cm³/mol. The lowest BCUT2D eigenvalue weighted by Crippen LogP contribution is -2.29. The summed E-state index contributed by atoms with van der Waals surface area (Å²) in [6.45, 7) is 1.09. The second kappa shape index (κ2) is 5.71. The summed E-state index contributed by atoms with van der Waals surface area (Å²) in [5, 5.41) is 0. The number of benzene rings is 1. The first-order chi connectivity index (χ1) is 8.31. The normalized spacial score (nSPS) is 19.4. The highest BCUT2D eigenvalue weighted by Gasteiger charge is 2.24. The fourth-order valence-electron chi connectivity index (χ4n) is 2.48. The molecule has 1 aliphatic heterocycles. The van der Waals surface area contributed by atoms with E-state index in [-0.39, 0.29) is 5.97 Å². The summed E-state index contributed by atoms with van der Waals surface area (Å²) in [7, 11) is 1.45. The quantitative estimate of drug-likeness (QED) is 0.749. The number of rotatable bonds is 4. The average Bonchev–Trinajstić information content (AvgIpc) is 2.85. The van der Waals surface area contributed by atoms with E-state index < -0.39 is 0 Å². The van der Waals surface area contributed by atoms with Crippen LogP contribution in [-0.4, -0.2) is 25.7 Å². The van der Waals surface area contributed by atoms with Gasteiger partial charge in [-0.25, -0.2) is 0 Å². The molecular weight excluding hydrogens is 214 g/mol. The van der Waals surface area contributed by atoms with Crippen LogP contribution in [0.2, 0.25) is 0 Å². The topological polar surface area (TPSA) is 29.5 Å². The van der Waals surface area contributed by atoms with Crippen LogP contribution in [0, 0.1) is 0 Å². The third-order valence-corrected chi connectivity index (χ3v) is 3.37. The number of carbonyl (C=O) groups is 1. The van der Waals surface area contributed by atoms with Crippen LogP contribution in [0.15, 0.2) is 30.3 Å². The first-order valence-corrected chi connectivity index (χ1v) is 6.20. The molecule has 1 fully saturated rings. The average molecular weight is 233 g/mol. The van der Waals surface area contributed by atoms with Crippen LogP contribution in [-0.2, 0) is 9.53 Å². The minimum atomic E-state index is -0.107. The molecular formula is C14H19NO2. The predicted octanol–water partition coefficient (Wildman–Crippen LogP) is 2.61. The fraction of sp³-hybridized carbons (Fsp3) is 0.500. The van der Waals surface area contributed by atoms with E-state index in [9.17, 15) is 4.79 Å². The highest BCUT2D eigenvalue weighted by Crippen LogP contribution is 2.27. The van der Waals surface area contributed by atoms with E-state index in [2.05, 4.69) is 29.2 Å². The van der Waals surface area contributed by atoms with Crippen LogP contribution in [0.5, 0.6) is 0 Å². The lowest BCUT2D eigenvalue weighted by molar-refractivity contribution is -0.140. The molecule has 0 spiro atoms. The molecule has 0 aromatic heterocycles. The number of ether oxygens (including phenoxy) is 1. The Labute approximate surface area is 102 Å². The Morgan fingerprint density at radius 3 is 2.88 bits per heavy atom. The van der Waals surface area contributed by atoms with E-state index in [1.807, 2.05) is 6.07 Å². The Morgan fingerprint density at radius 2 is 2.18 bits per heavy atom. The minimum Gasteiger partial charge on any atom is -0.469 e. The van der Waals surface area contributed by atoms with Crippen LogP contribution in [0.25, 0.3) is 0 Å². The zero-order valence-electron chi connectivity index (χ0n) is 10.3. The summed E-state index contributed by atoms with van der Waals surface area (Å²) in [4.78, 5) is 13.6. The Morgan fingerprint density at radius 1 is 1.41 bits per heavy atom. The first kappa shape index (κ1) is 12.0. The van der Waals surface area contributed by atoms with E-state index in [0.717, 1.165) is 13.0 Å². The summed E-state index contributed by atoms with van der Waals surface area (Å²) < 4.78 is 4.69. The number of anilines is 1. The van der Waals surface area contributed by atoms with E-state index >= 15 is 0 Å². The maximum absolute atomic E-state index is 11.2. The Bertz CT molecular complexity index is 364. The van der Waals surface area contributed by atoms with Crippen molar-refractivity contribution in [2.24, 2.45) is 0 Å². The summed E-state index contributed by atoms with van der Waals surface area (Å²) in [5.41, 5.74) is 1.26. The van der Waals surface area contributed by atoms with E-state index in [1.54, 1.807) is 0 Å². The van der Waals surface area contributed by atoms with Crippen LogP contribution < -0.4 is 4.90 Å². The first-order valence-electron chi connectivity index (χ1n) is 6.20. The third-order valence-electron chi connectivity index (χ3n) is 3.37. The number of hydrogen-bond acceptors (Lipinski definition) is 3. The number of methoxy groups -OCH3 is 1. The zero-order chi connectivity index (χ0) is 12.1. The van der Waals surface area contributed by atoms with Gasteiger partial charge in [0.15, 0.2) is 0 Å². The molecule has 0 bridgehead atoms. The van der Waals surface area contributed by atoms with E-state index in [1.165, 1.54) is 25.6 Å². The molecule has 3 nitrogen and oxygen atoms in total. The number of esters is 1. The molecule has 1 aliphatic rings. The molecule has 1 aromatic carbocycles. The molecule has 1 aromatic rings. The largest absolute Gasteiger partial charge is 0.469 e. The number of carbonyl (C=O) groups excluding carboxylic acids is 1. The highest BCUT2D eigenvalue weighted by molar-refractivity contribution is 5.69. The van der Waals surface area contributed by atoms with Gasteiger partial charge >= 0.3 is 5.97 Å². The lowest BCUT2D eigenvalue weighted by atomic mass is 10.1. The summed E-state index contributed by atoms with van der Waals surface area (Å²) in [6.07, 6.45) is 3.79. The van der Waals surface area contributed by atoms with Crippen molar-refractivity contribution in [3.63, 3.8) is 0 Å². The summed E-state index contributed by atoms with van der Waals surface area (Å²) in [6, 6.07) is 10.9. The van der Waals surface area contributed by atoms with Gasteiger partial charge in [-0.1, -0.05) is 18.2 Å². The second-order valence-electron chi connectivity index (χ2n) is 4.44. The zero-order valence-corrected chi connectivity index (χ0v) is 10.3. The molecule has 1 atom stereocenters. The van der Waals surface area contributed by atoms with Gasteiger partial charge < -0.3 is 9.64 Å². The van der Waals surface area contributed by atoms with Gasteiger partial charge in [0.2, 0.25) is 0 Å². The van der Waals surface area contributed by atoms with Crippen molar-refractivity contribution >= 4 is 11.7 Å². The van der Waals surface area contributed by atoms with Gasteiger partial charge in [0.25, 0.3) is 0 Å². The number of para-hydroxylation sites is 1. The molecule has 2 rings (SSSR count). The molecule has 92 valence electrons. The Hall–Kier alpha value is -1.51. The Kier molecular flexibility index (Phi) is 4.02. The van der Waals surface area contributed by atoms with Gasteiger partial charge in [0.1, 0.15) is 0 Å². The molecule has 0 N–H and O–H groups in total. The lowest BCUT2D eigenvalue weighted by Gasteiger charge is -2.26. The molecule has 1 heterocycles. The second-order valence-corrected chi connectivity index (χ2v) is 4.44. The maximum atomic E-state index is 11.2. The van der Waals surface area contributed by atoms with Gasteiger partial charge in [-0.3, -0.25) is 4.79 Å². The monoisotopic (exact) mass is 233 g/mol. The van der Waals surface area contributed by atoms with Crippen LogP contribution in [0.4, 0.5) is 5.69 Å². The SMILES string of the molecule is COC(=O)CCC1CCCN1c1ccccc1. The van der Waals surface area contributed by atoms with Crippen molar-refractivity contribution < 1.29 is 9.53 Å². The fourth-order valence-corrected chi connectivity index (χ4v) is 2.48. The molecule has 1 unspecified atom stereocenters. The van der Waals surface area contributed by atoms with Crippen molar-refractivity contribution in [3.05, 3.63) is 30.3 Å². The molecule has 1 saturated heterocycles. The van der Waals surface area contributed by atoms with Crippen molar-refractivity contribution in [2.75, 3.05) is 18.6 Å². The van der Waals surface area contributed by atoms with E-state index in [4.69, 9.17) is 4.74 Å². The van der Waals surface area contributed by atoms with E-state index in [0.29, 0.717) is 12.5 Å². The molecule has 0 aliphatic carbocycles. The van der Waals surface area contributed by atoms with Crippen LogP contribution in [0.1, 0.15) is 25.7 Å². The smallest absolute Gasteiger partial charge is 0.305 e. The maximum Gasteiger partial charge on any atom is 0.305 e. The van der Waals surface area contributed by atoms with Crippen LogP contribution in [0.3, 0.4) is 0 Å². The van der Waals surface area contributed by atoms with Gasteiger partial charge in [-0.05, 0) is 31.4 Å². The molecule has 0 amide bonds. The van der Waals surface area contributed by atoms with Gasteiger partial charge in [0, 0.05) is 24.7 Å². The molecule has 3 heteroatoms. The standard InChI is InChI=1S/C14H19NO2/c1-17-14(16)10-9-13-8-5-11-15(13)12-6-3-2-4-7-12/h2-4,6-7,13H,5,8-11H2,1H3. The number of hydrogen-bond donors (Lipinski definition) is 0. The summed E-state index contributed by atoms with van der Waals surface area (Å²) >= 11 is 0. The molecule has 0 radical (unpaired) electrons.